The largest absolute Gasteiger partial charge is 0.383 e. The second-order valence-corrected chi connectivity index (χ2v) is 5.97. The van der Waals surface area contributed by atoms with Crippen molar-refractivity contribution in [1.29, 1.82) is 0 Å². The lowest BCUT2D eigenvalue weighted by Gasteiger charge is -2.35. The minimum absolute atomic E-state index is 0.261. The first-order chi connectivity index (χ1) is 11.3. The second-order valence-electron chi connectivity index (χ2n) is 5.97. The van der Waals surface area contributed by atoms with E-state index in [-0.39, 0.29) is 6.04 Å². The normalized spacial score (nSPS) is 18.1. The number of fused-ring (bicyclic) bond motifs is 1. The predicted octanol–water partition coefficient (Wildman–Crippen LogP) is 2.18. The van der Waals surface area contributed by atoms with Crippen LogP contribution in [0.1, 0.15) is 22.9 Å². The molecule has 1 aromatic heterocycles. The molecule has 1 aliphatic rings. The van der Waals surface area contributed by atoms with Crippen LogP contribution >= 0.6 is 0 Å². The second kappa shape index (κ2) is 7.73. The van der Waals surface area contributed by atoms with E-state index in [1.54, 1.807) is 7.11 Å². The molecule has 5 nitrogen and oxygen atoms in total. The number of hydrogen-bond donors (Lipinski definition) is 0. The lowest BCUT2D eigenvalue weighted by atomic mass is 10.0. The Kier molecular flexibility index (Phi) is 5.43. The number of rotatable bonds is 7. The summed E-state index contributed by atoms with van der Waals surface area (Å²) in [5.41, 5.74) is 3.84. The van der Waals surface area contributed by atoms with Gasteiger partial charge in [0.1, 0.15) is 0 Å². The average Bonchev–Trinajstić information content (AvgIpc) is 2.96. The van der Waals surface area contributed by atoms with Crippen LogP contribution in [-0.4, -0.2) is 48.1 Å². The fraction of sp³-hybridized carbons (Fsp3) is 0.500. The Morgan fingerprint density at radius 3 is 2.87 bits per heavy atom. The van der Waals surface area contributed by atoms with Gasteiger partial charge < -0.3 is 9.47 Å². The van der Waals surface area contributed by atoms with Crippen molar-refractivity contribution in [2.75, 3.05) is 33.4 Å². The minimum atomic E-state index is 0.261. The fourth-order valence-electron chi connectivity index (χ4n) is 3.26. The van der Waals surface area contributed by atoms with Gasteiger partial charge in [0, 0.05) is 27.2 Å². The van der Waals surface area contributed by atoms with Crippen molar-refractivity contribution in [1.82, 2.24) is 14.7 Å². The van der Waals surface area contributed by atoms with E-state index in [1.807, 2.05) is 36.1 Å². The summed E-state index contributed by atoms with van der Waals surface area (Å²) in [6.07, 6.45) is 3.03. The highest BCUT2D eigenvalue weighted by Gasteiger charge is 2.30. The zero-order valence-electron chi connectivity index (χ0n) is 13.9. The van der Waals surface area contributed by atoms with Crippen molar-refractivity contribution in [2.45, 2.75) is 19.1 Å². The van der Waals surface area contributed by atoms with Crippen LogP contribution in [0.3, 0.4) is 0 Å². The molecule has 0 spiro atoms. The first-order valence-electron chi connectivity index (χ1n) is 8.15. The monoisotopic (exact) mass is 315 g/mol. The van der Waals surface area contributed by atoms with E-state index in [2.05, 4.69) is 22.1 Å². The van der Waals surface area contributed by atoms with Crippen LogP contribution in [0.4, 0.5) is 0 Å². The molecule has 2 aromatic rings. The molecule has 124 valence electrons. The first kappa shape index (κ1) is 16.2. The molecular formula is C18H25N3O2. The highest BCUT2D eigenvalue weighted by atomic mass is 16.5. The van der Waals surface area contributed by atoms with Crippen molar-refractivity contribution in [3.05, 3.63) is 53.3 Å². The minimum Gasteiger partial charge on any atom is -0.383 e. The summed E-state index contributed by atoms with van der Waals surface area (Å²) in [4.78, 5) is 2.44. The Balaban J connectivity index is 1.56. The third-order valence-electron chi connectivity index (χ3n) is 4.45. The van der Waals surface area contributed by atoms with E-state index >= 15 is 0 Å². The molecule has 1 atom stereocenters. The van der Waals surface area contributed by atoms with Gasteiger partial charge in [0.05, 0.1) is 37.8 Å². The summed E-state index contributed by atoms with van der Waals surface area (Å²) in [6, 6.07) is 10.6. The van der Waals surface area contributed by atoms with Gasteiger partial charge in [0.25, 0.3) is 0 Å². The van der Waals surface area contributed by atoms with Gasteiger partial charge in [-0.3, -0.25) is 9.58 Å². The highest BCUT2D eigenvalue weighted by molar-refractivity contribution is 5.25. The molecule has 1 aliphatic heterocycles. The summed E-state index contributed by atoms with van der Waals surface area (Å²) >= 11 is 0. The predicted molar refractivity (Wildman–Crippen MR) is 89.2 cm³/mol. The van der Waals surface area contributed by atoms with E-state index in [9.17, 15) is 0 Å². The summed E-state index contributed by atoms with van der Waals surface area (Å²) in [5, 5.41) is 4.40. The number of benzene rings is 1. The lowest BCUT2D eigenvalue weighted by Crippen LogP contribution is -2.40. The summed E-state index contributed by atoms with van der Waals surface area (Å²) in [7, 11) is 3.77. The first-order valence-corrected chi connectivity index (χ1v) is 8.15. The molecule has 1 aromatic carbocycles. The molecule has 0 fully saturated rings. The van der Waals surface area contributed by atoms with Gasteiger partial charge in [-0.25, -0.2) is 0 Å². The number of hydrogen-bond acceptors (Lipinski definition) is 4. The van der Waals surface area contributed by atoms with Gasteiger partial charge in [-0.2, -0.15) is 5.10 Å². The molecule has 0 aliphatic carbocycles. The van der Waals surface area contributed by atoms with E-state index in [0.29, 0.717) is 13.2 Å². The van der Waals surface area contributed by atoms with E-state index < -0.39 is 0 Å². The summed E-state index contributed by atoms with van der Waals surface area (Å²) in [5.74, 6) is 0. The van der Waals surface area contributed by atoms with Gasteiger partial charge in [0.2, 0.25) is 0 Å². The summed E-state index contributed by atoms with van der Waals surface area (Å²) in [6.45, 7) is 4.01. The number of aryl methyl sites for hydroxylation is 1. The van der Waals surface area contributed by atoms with Gasteiger partial charge >= 0.3 is 0 Å². The molecule has 0 radical (unpaired) electrons. The number of nitrogens with zero attached hydrogens (tertiary/aromatic N) is 3. The Labute approximate surface area is 137 Å². The third-order valence-corrected chi connectivity index (χ3v) is 4.45. The maximum Gasteiger partial charge on any atom is 0.0758 e. The lowest BCUT2D eigenvalue weighted by molar-refractivity contribution is 0.0415. The van der Waals surface area contributed by atoms with Crippen molar-refractivity contribution in [3.63, 3.8) is 0 Å². The van der Waals surface area contributed by atoms with Crippen LogP contribution in [0.2, 0.25) is 0 Å². The summed E-state index contributed by atoms with van der Waals surface area (Å²) < 4.78 is 13.3. The quantitative estimate of drug-likeness (QED) is 0.734. The van der Waals surface area contributed by atoms with Crippen LogP contribution in [-0.2, 0) is 29.5 Å². The number of methoxy groups -OCH3 is 1. The zero-order chi connectivity index (χ0) is 16.1. The molecule has 5 heteroatoms. The SMILES string of the molecule is COC[C@@H]1c2c(cnn2C)CCN1CCOCc1ccccc1. The van der Waals surface area contributed by atoms with Crippen molar-refractivity contribution >= 4 is 0 Å². The molecule has 0 N–H and O–H groups in total. The molecule has 23 heavy (non-hydrogen) atoms. The number of ether oxygens (including phenoxy) is 2. The van der Waals surface area contributed by atoms with Crippen molar-refractivity contribution in [3.8, 4) is 0 Å². The van der Waals surface area contributed by atoms with Crippen LogP contribution in [0, 0.1) is 0 Å². The molecule has 0 saturated heterocycles. The Bertz CT molecular complexity index is 612. The van der Waals surface area contributed by atoms with Gasteiger partial charge in [-0.15, -0.1) is 0 Å². The Morgan fingerprint density at radius 2 is 2.09 bits per heavy atom. The van der Waals surface area contributed by atoms with E-state index in [1.165, 1.54) is 16.8 Å². The van der Waals surface area contributed by atoms with Gasteiger partial charge in [-0.05, 0) is 17.5 Å². The molecule has 0 amide bonds. The van der Waals surface area contributed by atoms with Crippen molar-refractivity contribution < 1.29 is 9.47 Å². The average molecular weight is 315 g/mol. The fourth-order valence-corrected chi connectivity index (χ4v) is 3.26. The van der Waals surface area contributed by atoms with Crippen LogP contribution in [0.15, 0.2) is 36.5 Å². The Hall–Kier alpha value is -1.69. The van der Waals surface area contributed by atoms with Gasteiger partial charge in [0.15, 0.2) is 0 Å². The third kappa shape index (κ3) is 3.80. The van der Waals surface area contributed by atoms with E-state index in [0.717, 1.165) is 26.1 Å². The number of aromatic nitrogens is 2. The molecular weight excluding hydrogens is 290 g/mol. The zero-order valence-corrected chi connectivity index (χ0v) is 13.9. The molecule has 0 unspecified atom stereocenters. The topological polar surface area (TPSA) is 39.5 Å². The van der Waals surface area contributed by atoms with Gasteiger partial charge in [-0.1, -0.05) is 30.3 Å². The van der Waals surface area contributed by atoms with E-state index in [4.69, 9.17) is 9.47 Å². The molecule has 3 rings (SSSR count). The van der Waals surface area contributed by atoms with Crippen LogP contribution in [0.5, 0.6) is 0 Å². The molecule has 0 saturated carbocycles. The van der Waals surface area contributed by atoms with Crippen LogP contribution < -0.4 is 0 Å². The molecule has 2 heterocycles. The van der Waals surface area contributed by atoms with Crippen molar-refractivity contribution in [2.24, 2.45) is 7.05 Å². The Morgan fingerprint density at radius 1 is 1.26 bits per heavy atom. The molecule has 0 bridgehead atoms. The smallest absolute Gasteiger partial charge is 0.0758 e. The maximum atomic E-state index is 5.84. The standard InChI is InChI=1S/C18H25N3O2/c1-20-18-16(12-19-20)8-9-21(17(18)14-22-2)10-11-23-13-15-6-4-3-5-7-15/h3-7,12,17H,8-11,13-14H2,1-2H3/t17-/m1/s1. The van der Waals surface area contributed by atoms with Crippen LogP contribution in [0.25, 0.3) is 0 Å². The maximum absolute atomic E-state index is 5.84. The highest BCUT2D eigenvalue weighted by Crippen LogP contribution is 2.29.